The minimum absolute atomic E-state index is 0.0763. The van der Waals surface area contributed by atoms with Crippen LogP contribution in [-0.4, -0.2) is 27.8 Å². The predicted molar refractivity (Wildman–Crippen MR) is 73.1 cm³/mol. The number of aryl methyl sites for hydroxylation is 1. The minimum atomic E-state index is -0.487. The number of rotatable bonds is 5. The summed E-state index contributed by atoms with van der Waals surface area (Å²) in [5.41, 5.74) is 6.81. The van der Waals surface area contributed by atoms with E-state index in [1.54, 1.807) is 13.1 Å². The molecule has 7 nitrogen and oxygen atoms in total. The molecule has 7 heteroatoms. The van der Waals surface area contributed by atoms with Crippen LogP contribution in [0.5, 0.6) is 0 Å². The first-order valence-electron chi connectivity index (χ1n) is 6.38. The third-order valence-corrected chi connectivity index (χ3v) is 2.67. The normalized spacial score (nSPS) is 12.8. The quantitative estimate of drug-likeness (QED) is 0.849. The average Bonchev–Trinajstić information content (AvgIpc) is 2.85. The molecule has 108 valence electrons. The Hall–Kier alpha value is -1.99. The lowest BCUT2D eigenvalue weighted by atomic mass is 10.2. The molecule has 2 rings (SSSR count). The number of hydrogen-bond donors (Lipinski definition) is 2. The van der Waals surface area contributed by atoms with Gasteiger partial charge in [0, 0.05) is 18.0 Å². The molecule has 3 N–H and O–H groups in total. The van der Waals surface area contributed by atoms with Crippen LogP contribution in [0.1, 0.15) is 31.4 Å². The minimum Gasteiger partial charge on any atom is -0.377 e. The standard InChI is InChI=1S/C13H18N4O3/c1-7(2)19-6-10(14)12-16-13(20-17-12)9-5-15-8(3)4-11(9)18/h4-5,7,10H,6,14H2,1-3H3,(H,15,18). The number of pyridine rings is 1. The van der Waals surface area contributed by atoms with Crippen molar-refractivity contribution in [1.29, 1.82) is 0 Å². The monoisotopic (exact) mass is 278 g/mol. The van der Waals surface area contributed by atoms with Crippen LogP contribution in [0.25, 0.3) is 11.5 Å². The van der Waals surface area contributed by atoms with E-state index in [0.29, 0.717) is 18.0 Å². The molecule has 0 aliphatic rings. The van der Waals surface area contributed by atoms with E-state index in [1.165, 1.54) is 6.07 Å². The first-order chi connectivity index (χ1) is 9.47. The first kappa shape index (κ1) is 14.4. The van der Waals surface area contributed by atoms with Gasteiger partial charge in [0.2, 0.25) is 0 Å². The Morgan fingerprint density at radius 2 is 2.25 bits per heavy atom. The number of aromatic nitrogens is 3. The summed E-state index contributed by atoms with van der Waals surface area (Å²) in [7, 11) is 0. The molecule has 0 saturated carbocycles. The van der Waals surface area contributed by atoms with Gasteiger partial charge in [-0.1, -0.05) is 5.16 Å². The van der Waals surface area contributed by atoms with Gasteiger partial charge >= 0.3 is 0 Å². The van der Waals surface area contributed by atoms with Crippen molar-refractivity contribution in [2.75, 3.05) is 6.61 Å². The highest BCUT2D eigenvalue weighted by atomic mass is 16.5. The summed E-state index contributed by atoms with van der Waals surface area (Å²) in [5, 5.41) is 3.79. The number of ether oxygens (including phenoxy) is 1. The Morgan fingerprint density at radius 1 is 1.50 bits per heavy atom. The molecule has 0 fully saturated rings. The molecule has 2 aromatic heterocycles. The van der Waals surface area contributed by atoms with Gasteiger partial charge in [-0.2, -0.15) is 4.98 Å². The second kappa shape index (κ2) is 5.98. The molecule has 0 saturated heterocycles. The Labute approximate surface area is 116 Å². The van der Waals surface area contributed by atoms with Crippen molar-refractivity contribution in [3.8, 4) is 11.5 Å². The second-order valence-electron chi connectivity index (χ2n) is 4.84. The van der Waals surface area contributed by atoms with Crippen molar-refractivity contribution in [2.45, 2.75) is 32.9 Å². The summed E-state index contributed by atoms with van der Waals surface area (Å²) in [6, 6.07) is 0.987. The average molecular weight is 278 g/mol. The highest BCUT2D eigenvalue weighted by molar-refractivity contribution is 5.50. The molecular formula is C13H18N4O3. The molecular weight excluding hydrogens is 260 g/mol. The van der Waals surface area contributed by atoms with E-state index in [4.69, 9.17) is 15.0 Å². The number of aromatic amines is 1. The van der Waals surface area contributed by atoms with E-state index in [2.05, 4.69) is 15.1 Å². The van der Waals surface area contributed by atoms with Gasteiger partial charge in [0.05, 0.1) is 18.8 Å². The molecule has 0 aliphatic carbocycles. The molecule has 1 unspecified atom stereocenters. The number of hydrogen-bond acceptors (Lipinski definition) is 6. The highest BCUT2D eigenvalue weighted by Crippen LogP contribution is 2.15. The van der Waals surface area contributed by atoms with Gasteiger partial charge in [0.25, 0.3) is 5.89 Å². The van der Waals surface area contributed by atoms with E-state index in [9.17, 15) is 4.79 Å². The van der Waals surface area contributed by atoms with Gasteiger partial charge < -0.3 is 20.0 Å². The lowest BCUT2D eigenvalue weighted by Gasteiger charge is -2.10. The Balaban J connectivity index is 2.18. The second-order valence-corrected chi connectivity index (χ2v) is 4.84. The number of nitrogens with two attached hydrogens (primary N) is 1. The lowest BCUT2D eigenvalue weighted by Crippen LogP contribution is -2.20. The topological polar surface area (TPSA) is 107 Å². The van der Waals surface area contributed by atoms with Gasteiger partial charge in [-0.3, -0.25) is 4.79 Å². The summed E-state index contributed by atoms with van der Waals surface area (Å²) < 4.78 is 10.5. The van der Waals surface area contributed by atoms with Crippen molar-refractivity contribution in [2.24, 2.45) is 5.73 Å². The van der Waals surface area contributed by atoms with Gasteiger partial charge in [-0.15, -0.1) is 0 Å². The van der Waals surface area contributed by atoms with E-state index in [1.807, 2.05) is 13.8 Å². The van der Waals surface area contributed by atoms with Crippen molar-refractivity contribution in [1.82, 2.24) is 15.1 Å². The molecule has 0 aromatic carbocycles. The summed E-state index contributed by atoms with van der Waals surface area (Å²) in [6.45, 7) is 5.92. The molecule has 0 spiro atoms. The summed E-state index contributed by atoms with van der Waals surface area (Å²) in [4.78, 5) is 18.9. The van der Waals surface area contributed by atoms with Gasteiger partial charge in [0.15, 0.2) is 11.3 Å². The number of nitrogens with zero attached hydrogens (tertiary/aromatic N) is 2. The fourth-order valence-electron chi connectivity index (χ4n) is 1.61. The zero-order chi connectivity index (χ0) is 14.7. The molecule has 0 amide bonds. The predicted octanol–water partition coefficient (Wildman–Crippen LogP) is 1.16. The van der Waals surface area contributed by atoms with Crippen LogP contribution in [0.4, 0.5) is 0 Å². The first-order valence-corrected chi connectivity index (χ1v) is 6.38. The van der Waals surface area contributed by atoms with Crippen molar-refractivity contribution in [3.63, 3.8) is 0 Å². The number of H-pyrrole nitrogens is 1. The van der Waals surface area contributed by atoms with E-state index < -0.39 is 6.04 Å². The van der Waals surface area contributed by atoms with E-state index >= 15 is 0 Å². The zero-order valence-electron chi connectivity index (χ0n) is 11.7. The van der Waals surface area contributed by atoms with Crippen molar-refractivity contribution < 1.29 is 9.26 Å². The molecule has 1 atom stereocenters. The molecule has 2 aromatic rings. The summed E-state index contributed by atoms with van der Waals surface area (Å²) in [5.74, 6) is 0.474. The SMILES string of the molecule is Cc1cc(=O)c(-c2nc(C(N)COC(C)C)no2)c[nH]1. The number of nitrogens with one attached hydrogen (secondary N) is 1. The van der Waals surface area contributed by atoms with Gasteiger partial charge in [-0.25, -0.2) is 0 Å². The molecule has 0 aliphatic heterocycles. The molecule has 20 heavy (non-hydrogen) atoms. The van der Waals surface area contributed by atoms with Gasteiger partial charge in [-0.05, 0) is 20.8 Å². The van der Waals surface area contributed by atoms with Crippen LogP contribution in [0.15, 0.2) is 21.6 Å². The van der Waals surface area contributed by atoms with Crippen LogP contribution in [-0.2, 0) is 4.74 Å². The van der Waals surface area contributed by atoms with E-state index in [-0.39, 0.29) is 17.4 Å². The zero-order valence-corrected chi connectivity index (χ0v) is 11.7. The van der Waals surface area contributed by atoms with E-state index in [0.717, 1.165) is 5.69 Å². The van der Waals surface area contributed by atoms with Crippen LogP contribution < -0.4 is 11.2 Å². The van der Waals surface area contributed by atoms with Crippen molar-refractivity contribution >= 4 is 0 Å². The maximum Gasteiger partial charge on any atom is 0.263 e. The maximum absolute atomic E-state index is 11.8. The molecule has 0 bridgehead atoms. The lowest BCUT2D eigenvalue weighted by molar-refractivity contribution is 0.0665. The largest absolute Gasteiger partial charge is 0.377 e. The molecule has 0 radical (unpaired) electrons. The summed E-state index contributed by atoms with van der Waals surface area (Å²) in [6.07, 6.45) is 1.62. The Bertz CT molecular complexity index is 633. The fraction of sp³-hybridized carbons (Fsp3) is 0.462. The summed E-state index contributed by atoms with van der Waals surface area (Å²) >= 11 is 0. The van der Waals surface area contributed by atoms with Crippen LogP contribution in [0.2, 0.25) is 0 Å². The maximum atomic E-state index is 11.8. The van der Waals surface area contributed by atoms with Crippen LogP contribution >= 0.6 is 0 Å². The molecule has 2 heterocycles. The van der Waals surface area contributed by atoms with Crippen LogP contribution in [0.3, 0.4) is 0 Å². The van der Waals surface area contributed by atoms with Gasteiger partial charge in [0.1, 0.15) is 5.56 Å². The third kappa shape index (κ3) is 3.31. The smallest absolute Gasteiger partial charge is 0.263 e. The van der Waals surface area contributed by atoms with Crippen LogP contribution in [0, 0.1) is 6.92 Å². The van der Waals surface area contributed by atoms with Crippen molar-refractivity contribution in [3.05, 3.63) is 34.0 Å². The highest BCUT2D eigenvalue weighted by Gasteiger charge is 2.17. The Morgan fingerprint density at radius 3 is 2.90 bits per heavy atom. The Kier molecular flexibility index (Phi) is 4.31. The third-order valence-electron chi connectivity index (χ3n) is 2.67. The fourth-order valence-corrected chi connectivity index (χ4v) is 1.61.